The predicted molar refractivity (Wildman–Crippen MR) is 73.2 cm³/mol. The van der Waals surface area contributed by atoms with Gasteiger partial charge in [0, 0.05) is 18.3 Å². The summed E-state index contributed by atoms with van der Waals surface area (Å²) in [7, 11) is 1.55. The highest BCUT2D eigenvalue weighted by atomic mass is 32.1. The van der Waals surface area contributed by atoms with Crippen LogP contribution in [0.4, 0.5) is 0 Å². The second kappa shape index (κ2) is 5.92. The van der Waals surface area contributed by atoms with Gasteiger partial charge in [0.1, 0.15) is 5.78 Å². The lowest BCUT2D eigenvalue weighted by Gasteiger charge is -2.23. The van der Waals surface area contributed by atoms with Crippen LogP contribution >= 0.6 is 12.2 Å². The molecule has 0 atom stereocenters. The summed E-state index contributed by atoms with van der Waals surface area (Å²) in [6.45, 7) is 3.86. The van der Waals surface area contributed by atoms with E-state index >= 15 is 0 Å². The molecule has 0 aromatic heterocycles. The molecule has 3 heteroatoms. The number of methoxy groups -OCH3 is 1. The van der Waals surface area contributed by atoms with E-state index in [9.17, 15) is 4.79 Å². The van der Waals surface area contributed by atoms with E-state index in [1.165, 1.54) is 0 Å². The highest BCUT2D eigenvalue weighted by molar-refractivity contribution is 7.80. The van der Waals surface area contributed by atoms with Crippen LogP contribution in [0.3, 0.4) is 0 Å². The fourth-order valence-corrected chi connectivity index (χ4v) is 1.80. The van der Waals surface area contributed by atoms with Crippen LogP contribution in [0.5, 0.6) is 0 Å². The van der Waals surface area contributed by atoms with E-state index in [4.69, 9.17) is 17.0 Å². The van der Waals surface area contributed by atoms with Gasteiger partial charge in [-0.15, -0.1) is 0 Å². The fraction of sp³-hybridized carbons (Fsp3) is 0.429. The first-order valence-electron chi connectivity index (χ1n) is 5.60. The highest BCUT2D eigenvalue weighted by Gasteiger charge is 2.27. The van der Waals surface area contributed by atoms with Gasteiger partial charge < -0.3 is 4.74 Å². The molecule has 92 valence electrons. The summed E-state index contributed by atoms with van der Waals surface area (Å²) in [5.74, 6) is 0.181. The first kappa shape index (κ1) is 13.8. The first-order chi connectivity index (χ1) is 7.95. The van der Waals surface area contributed by atoms with Crippen LogP contribution in [-0.2, 0) is 16.0 Å². The van der Waals surface area contributed by atoms with Crippen LogP contribution in [0.1, 0.15) is 25.8 Å². The third kappa shape index (κ3) is 4.27. The SMILES string of the molecule is COC(=S)C(C)(C)CC(=O)Cc1ccccc1. The molecule has 0 spiro atoms. The van der Waals surface area contributed by atoms with Crippen LogP contribution < -0.4 is 0 Å². The van der Waals surface area contributed by atoms with Crippen molar-refractivity contribution in [3.63, 3.8) is 0 Å². The van der Waals surface area contributed by atoms with Gasteiger partial charge in [0.15, 0.2) is 5.05 Å². The van der Waals surface area contributed by atoms with Crippen molar-refractivity contribution in [3.05, 3.63) is 35.9 Å². The average molecular weight is 250 g/mol. The molecule has 17 heavy (non-hydrogen) atoms. The van der Waals surface area contributed by atoms with Gasteiger partial charge in [-0.2, -0.15) is 0 Å². The largest absolute Gasteiger partial charge is 0.490 e. The molecule has 0 saturated heterocycles. The van der Waals surface area contributed by atoms with E-state index in [-0.39, 0.29) is 11.2 Å². The molecule has 0 bridgehead atoms. The minimum atomic E-state index is -0.379. The Hall–Kier alpha value is -1.22. The maximum atomic E-state index is 11.9. The summed E-state index contributed by atoms with van der Waals surface area (Å²) in [6, 6.07) is 9.73. The number of ketones is 1. The van der Waals surface area contributed by atoms with Crippen LogP contribution in [0, 0.1) is 5.41 Å². The van der Waals surface area contributed by atoms with Gasteiger partial charge in [0.05, 0.1) is 7.11 Å². The number of rotatable bonds is 5. The number of carbonyl (C=O) groups is 1. The molecule has 1 aromatic rings. The summed E-state index contributed by atoms with van der Waals surface area (Å²) < 4.78 is 5.05. The number of hydrogen-bond acceptors (Lipinski definition) is 3. The molecular weight excluding hydrogens is 232 g/mol. The van der Waals surface area contributed by atoms with E-state index in [0.29, 0.717) is 17.9 Å². The van der Waals surface area contributed by atoms with Crippen molar-refractivity contribution in [2.45, 2.75) is 26.7 Å². The standard InChI is InChI=1S/C14H18O2S/c1-14(2,13(17)16-3)10-12(15)9-11-7-5-4-6-8-11/h4-8H,9-10H2,1-3H3. The second-order valence-electron chi connectivity index (χ2n) is 4.75. The minimum absolute atomic E-state index is 0.181. The Kier molecular flexibility index (Phi) is 4.82. The zero-order valence-corrected chi connectivity index (χ0v) is 11.3. The molecule has 0 aliphatic heterocycles. The van der Waals surface area contributed by atoms with Gasteiger partial charge in [-0.25, -0.2) is 0 Å². The Morgan fingerprint density at radius 3 is 2.41 bits per heavy atom. The van der Waals surface area contributed by atoms with Crippen LogP contribution in [0.15, 0.2) is 30.3 Å². The number of carbonyl (C=O) groups excluding carboxylic acids is 1. The molecule has 0 amide bonds. The van der Waals surface area contributed by atoms with Crippen molar-refractivity contribution >= 4 is 23.1 Å². The Labute approximate surface area is 108 Å². The quantitative estimate of drug-likeness (QED) is 0.751. The number of benzene rings is 1. The van der Waals surface area contributed by atoms with Crippen molar-refractivity contribution < 1.29 is 9.53 Å². The van der Waals surface area contributed by atoms with Gasteiger partial charge in [0.2, 0.25) is 0 Å². The van der Waals surface area contributed by atoms with Crippen molar-refractivity contribution in [1.29, 1.82) is 0 Å². The van der Waals surface area contributed by atoms with Crippen LogP contribution in [-0.4, -0.2) is 17.9 Å². The molecule has 2 nitrogen and oxygen atoms in total. The summed E-state index contributed by atoms with van der Waals surface area (Å²) in [4.78, 5) is 11.9. The molecule has 0 heterocycles. The van der Waals surface area contributed by atoms with E-state index in [0.717, 1.165) is 5.56 Å². The lowest BCUT2D eigenvalue weighted by atomic mass is 9.86. The maximum absolute atomic E-state index is 11.9. The zero-order valence-electron chi connectivity index (χ0n) is 10.5. The fourth-order valence-electron chi connectivity index (χ4n) is 1.73. The molecule has 1 aromatic carbocycles. The number of Topliss-reactive ketones (excluding diaryl/α,β-unsaturated/α-hetero) is 1. The third-order valence-electron chi connectivity index (χ3n) is 2.62. The van der Waals surface area contributed by atoms with Gasteiger partial charge in [-0.3, -0.25) is 4.79 Å². The van der Waals surface area contributed by atoms with Gasteiger partial charge in [-0.05, 0) is 17.8 Å². The Bertz CT molecular complexity index is 396. The van der Waals surface area contributed by atoms with Crippen molar-refractivity contribution in [1.82, 2.24) is 0 Å². The molecule has 0 aliphatic carbocycles. The van der Waals surface area contributed by atoms with Gasteiger partial charge >= 0.3 is 0 Å². The maximum Gasteiger partial charge on any atom is 0.165 e. The zero-order chi connectivity index (χ0) is 12.9. The molecule has 0 N–H and O–H groups in total. The Morgan fingerprint density at radius 1 is 1.29 bits per heavy atom. The lowest BCUT2D eigenvalue weighted by molar-refractivity contribution is -0.119. The summed E-state index contributed by atoms with van der Waals surface area (Å²) in [5, 5.41) is 0.485. The Morgan fingerprint density at radius 2 is 1.88 bits per heavy atom. The summed E-state index contributed by atoms with van der Waals surface area (Å²) >= 11 is 5.10. The van der Waals surface area contributed by atoms with Crippen molar-refractivity contribution in [3.8, 4) is 0 Å². The topological polar surface area (TPSA) is 26.3 Å². The Balaban J connectivity index is 2.59. The second-order valence-corrected chi connectivity index (χ2v) is 5.12. The number of ether oxygens (including phenoxy) is 1. The predicted octanol–water partition coefficient (Wildman–Crippen LogP) is 3.19. The number of thiocarbonyl (C=S) groups is 1. The van der Waals surface area contributed by atoms with Crippen molar-refractivity contribution in [2.75, 3.05) is 7.11 Å². The molecule has 0 aliphatic rings. The normalized spacial score (nSPS) is 11.0. The molecule has 0 saturated carbocycles. The minimum Gasteiger partial charge on any atom is -0.490 e. The van der Waals surface area contributed by atoms with Gasteiger partial charge in [0.25, 0.3) is 0 Å². The van der Waals surface area contributed by atoms with Crippen molar-refractivity contribution in [2.24, 2.45) is 5.41 Å². The summed E-state index contributed by atoms with van der Waals surface area (Å²) in [6.07, 6.45) is 0.866. The molecule has 0 fully saturated rings. The molecule has 0 unspecified atom stereocenters. The third-order valence-corrected chi connectivity index (χ3v) is 3.34. The van der Waals surface area contributed by atoms with Crippen LogP contribution in [0.2, 0.25) is 0 Å². The molecule has 1 rings (SSSR count). The van der Waals surface area contributed by atoms with E-state index in [1.807, 2.05) is 44.2 Å². The average Bonchev–Trinajstić information content (AvgIpc) is 2.28. The monoisotopic (exact) mass is 250 g/mol. The smallest absolute Gasteiger partial charge is 0.165 e. The number of hydrogen-bond donors (Lipinski definition) is 0. The van der Waals surface area contributed by atoms with Crippen LogP contribution in [0.25, 0.3) is 0 Å². The lowest BCUT2D eigenvalue weighted by Crippen LogP contribution is -2.27. The van der Waals surface area contributed by atoms with Gasteiger partial charge in [-0.1, -0.05) is 44.2 Å². The molecular formula is C14H18O2S. The van der Waals surface area contributed by atoms with E-state index < -0.39 is 0 Å². The van der Waals surface area contributed by atoms with E-state index in [2.05, 4.69) is 0 Å². The molecule has 0 radical (unpaired) electrons. The highest BCUT2D eigenvalue weighted by Crippen LogP contribution is 2.24. The summed E-state index contributed by atoms with van der Waals surface area (Å²) in [5.41, 5.74) is 0.660. The first-order valence-corrected chi connectivity index (χ1v) is 6.00. The van der Waals surface area contributed by atoms with E-state index in [1.54, 1.807) is 7.11 Å².